The smallest absolute Gasteiger partial charge is 0.235 e. The van der Waals surface area contributed by atoms with Crippen molar-refractivity contribution in [1.82, 2.24) is 0 Å². The highest BCUT2D eigenvalue weighted by atomic mass is 16.3. The Morgan fingerprint density at radius 3 is 2.11 bits per heavy atom. The van der Waals surface area contributed by atoms with Crippen molar-refractivity contribution in [2.24, 2.45) is 0 Å². The number of carbonyl (C=O) groups is 2. The van der Waals surface area contributed by atoms with Crippen LogP contribution in [0.3, 0.4) is 0 Å². The number of hydrogen-bond acceptors (Lipinski definition) is 6. The second-order valence-corrected chi connectivity index (χ2v) is 3.85. The van der Waals surface area contributed by atoms with Crippen molar-refractivity contribution in [3.63, 3.8) is 0 Å². The number of aromatic hydroxyl groups is 2. The standard InChI is InChI=1S/C12H10O6/c1-2-4-6(13)3-5-7(8(4)14)10(16)12(18)11(17)9(5)15/h3,13-14,17-18H,2H2,1H3. The van der Waals surface area contributed by atoms with Gasteiger partial charge < -0.3 is 20.4 Å². The number of ketones is 2. The van der Waals surface area contributed by atoms with Crippen LogP contribution in [0.1, 0.15) is 33.2 Å². The Bertz CT molecular complexity index is 611. The molecule has 4 N–H and O–H groups in total. The lowest BCUT2D eigenvalue weighted by atomic mass is 9.88. The van der Waals surface area contributed by atoms with Gasteiger partial charge in [0, 0.05) is 11.1 Å². The van der Waals surface area contributed by atoms with Gasteiger partial charge in [-0.15, -0.1) is 0 Å². The molecule has 0 heterocycles. The number of fused-ring (bicyclic) bond motifs is 1. The molecule has 1 aromatic carbocycles. The lowest BCUT2D eigenvalue weighted by Crippen LogP contribution is -2.22. The van der Waals surface area contributed by atoms with Gasteiger partial charge in [0.2, 0.25) is 23.1 Å². The van der Waals surface area contributed by atoms with Gasteiger partial charge in [-0.3, -0.25) is 9.59 Å². The molecule has 1 aliphatic rings. The second kappa shape index (κ2) is 3.76. The van der Waals surface area contributed by atoms with Crippen LogP contribution in [0.4, 0.5) is 0 Å². The highest BCUT2D eigenvalue weighted by Gasteiger charge is 2.36. The Balaban J connectivity index is 2.84. The number of allylic oxidation sites excluding steroid dienone is 2. The summed E-state index contributed by atoms with van der Waals surface area (Å²) in [5.74, 6) is -5.15. The normalized spacial score (nSPS) is 14.9. The minimum atomic E-state index is -1.10. The molecule has 0 atom stereocenters. The average molecular weight is 250 g/mol. The van der Waals surface area contributed by atoms with Gasteiger partial charge >= 0.3 is 0 Å². The van der Waals surface area contributed by atoms with E-state index in [-0.39, 0.29) is 23.3 Å². The molecular weight excluding hydrogens is 240 g/mol. The summed E-state index contributed by atoms with van der Waals surface area (Å²) in [5.41, 5.74) is -0.628. The first kappa shape index (κ1) is 12.0. The Labute approximate surface area is 101 Å². The molecule has 1 aliphatic carbocycles. The number of aliphatic hydroxyl groups is 2. The van der Waals surface area contributed by atoms with Crippen molar-refractivity contribution >= 4 is 11.6 Å². The van der Waals surface area contributed by atoms with E-state index in [1.165, 1.54) is 0 Å². The number of aliphatic hydroxyl groups excluding tert-OH is 2. The quantitative estimate of drug-likeness (QED) is 0.598. The van der Waals surface area contributed by atoms with E-state index in [0.717, 1.165) is 6.07 Å². The molecule has 0 unspecified atom stereocenters. The molecule has 0 saturated carbocycles. The molecule has 18 heavy (non-hydrogen) atoms. The molecule has 0 saturated heterocycles. The number of phenols is 2. The lowest BCUT2D eigenvalue weighted by molar-refractivity contribution is 0.0878. The third kappa shape index (κ3) is 1.35. The SMILES string of the molecule is CCc1c(O)cc2c(c1O)C(=O)C(O)=C(O)C2=O. The fourth-order valence-electron chi connectivity index (χ4n) is 1.91. The third-order valence-corrected chi connectivity index (χ3v) is 2.86. The van der Waals surface area contributed by atoms with E-state index in [2.05, 4.69) is 0 Å². The first-order chi connectivity index (χ1) is 8.40. The molecule has 0 radical (unpaired) electrons. The summed E-state index contributed by atoms with van der Waals surface area (Å²) >= 11 is 0. The number of benzene rings is 1. The van der Waals surface area contributed by atoms with Crippen LogP contribution in [0.5, 0.6) is 11.5 Å². The summed E-state index contributed by atoms with van der Waals surface area (Å²) in [6.45, 7) is 1.64. The number of rotatable bonds is 1. The summed E-state index contributed by atoms with van der Waals surface area (Å²) in [7, 11) is 0. The molecule has 6 heteroatoms. The predicted molar refractivity (Wildman–Crippen MR) is 60.1 cm³/mol. The van der Waals surface area contributed by atoms with E-state index in [9.17, 15) is 30.0 Å². The zero-order valence-electron chi connectivity index (χ0n) is 9.39. The Hall–Kier alpha value is -2.50. The topological polar surface area (TPSA) is 115 Å². The zero-order chi connectivity index (χ0) is 13.6. The fraction of sp³-hybridized carbons (Fsp3) is 0.167. The van der Waals surface area contributed by atoms with Gasteiger partial charge in [-0.2, -0.15) is 0 Å². The number of Topliss-reactive ketones (excluding diaryl/α,β-unsaturated/α-hetero) is 2. The van der Waals surface area contributed by atoms with Crippen LogP contribution in [-0.4, -0.2) is 32.0 Å². The second-order valence-electron chi connectivity index (χ2n) is 3.85. The Morgan fingerprint density at radius 2 is 1.56 bits per heavy atom. The van der Waals surface area contributed by atoms with Gasteiger partial charge in [-0.25, -0.2) is 0 Å². The Morgan fingerprint density at radius 1 is 1.00 bits per heavy atom. The van der Waals surface area contributed by atoms with Gasteiger partial charge in [-0.05, 0) is 12.5 Å². The van der Waals surface area contributed by atoms with Crippen molar-refractivity contribution in [1.29, 1.82) is 0 Å². The predicted octanol–water partition coefficient (Wildman–Crippen LogP) is 1.37. The van der Waals surface area contributed by atoms with Gasteiger partial charge in [0.05, 0.1) is 5.56 Å². The first-order valence-corrected chi connectivity index (χ1v) is 5.19. The van der Waals surface area contributed by atoms with Crippen LogP contribution in [0.15, 0.2) is 17.6 Å². The minimum absolute atomic E-state index is 0.101. The summed E-state index contributed by atoms with van der Waals surface area (Å²) in [4.78, 5) is 23.3. The van der Waals surface area contributed by atoms with Crippen LogP contribution in [-0.2, 0) is 6.42 Å². The van der Waals surface area contributed by atoms with Gasteiger partial charge in [-0.1, -0.05) is 6.92 Å². The molecule has 0 aliphatic heterocycles. The molecule has 94 valence electrons. The van der Waals surface area contributed by atoms with Crippen molar-refractivity contribution in [2.45, 2.75) is 13.3 Å². The lowest BCUT2D eigenvalue weighted by Gasteiger charge is -2.17. The molecule has 0 aromatic heterocycles. The summed E-state index contributed by atoms with van der Waals surface area (Å²) < 4.78 is 0. The van der Waals surface area contributed by atoms with E-state index in [0.29, 0.717) is 0 Å². The van der Waals surface area contributed by atoms with Gasteiger partial charge in [0.25, 0.3) is 0 Å². The monoisotopic (exact) mass is 250 g/mol. The van der Waals surface area contributed by atoms with Crippen molar-refractivity contribution < 1.29 is 30.0 Å². The summed E-state index contributed by atoms with van der Waals surface area (Å²) in [6.07, 6.45) is 0.239. The number of phenolic OH excluding ortho intramolecular Hbond substituents is 2. The van der Waals surface area contributed by atoms with Crippen LogP contribution in [0.2, 0.25) is 0 Å². The maximum absolute atomic E-state index is 11.7. The maximum atomic E-state index is 11.7. The first-order valence-electron chi connectivity index (χ1n) is 5.19. The highest BCUT2D eigenvalue weighted by molar-refractivity contribution is 6.26. The van der Waals surface area contributed by atoms with E-state index >= 15 is 0 Å². The van der Waals surface area contributed by atoms with Crippen LogP contribution < -0.4 is 0 Å². The third-order valence-electron chi connectivity index (χ3n) is 2.86. The molecule has 0 fully saturated rings. The highest BCUT2D eigenvalue weighted by Crippen LogP contribution is 2.38. The van der Waals surface area contributed by atoms with Crippen molar-refractivity contribution in [3.05, 3.63) is 34.3 Å². The van der Waals surface area contributed by atoms with E-state index < -0.39 is 34.4 Å². The van der Waals surface area contributed by atoms with Gasteiger partial charge in [0.15, 0.2) is 0 Å². The number of hydrogen-bond donors (Lipinski definition) is 4. The van der Waals surface area contributed by atoms with E-state index in [1.807, 2.05) is 0 Å². The molecule has 0 bridgehead atoms. The molecule has 0 amide bonds. The van der Waals surface area contributed by atoms with E-state index in [1.54, 1.807) is 6.92 Å². The molecule has 2 rings (SSSR count). The largest absolute Gasteiger partial charge is 0.508 e. The average Bonchev–Trinajstić information content (AvgIpc) is 2.33. The number of carbonyl (C=O) groups excluding carboxylic acids is 2. The van der Waals surface area contributed by atoms with Crippen LogP contribution in [0.25, 0.3) is 0 Å². The Kier molecular flexibility index (Phi) is 2.50. The zero-order valence-corrected chi connectivity index (χ0v) is 9.39. The summed E-state index contributed by atoms with van der Waals surface area (Å²) in [5, 5.41) is 38.1. The summed E-state index contributed by atoms with van der Waals surface area (Å²) in [6, 6.07) is 0.997. The molecule has 6 nitrogen and oxygen atoms in total. The van der Waals surface area contributed by atoms with Crippen LogP contribution >= 0.6 is 0 Å². The van der Waals surface area contributed by atoms with Crippen molar-refractivity contribution in [3.8, 4) is 11.5 Å². The van der Waals surface area contributed by atoms with Crippen molar-refractivity contribution in [2.75, 3.05) is 0 Å². The van der Waals surface area contributed by atoms with E-state index in [4.69, 9.17) is 0 Å². The molecular formula is C12H10O6. The van der Waals surface area contributed by atoms with Gasteiger partial charge in [0.1, 0.15) is 11.5 Å². The van der Waals surface area contributed by atoms with Crippen LogP contribution in [0, 0.1) is 0 Å². The maximum Gasteiger partial charge on any atom is 0.235 e. The molecule has 1 aromatic rings. The fourth-order valence-corrected chi connectivity index (χ4v) is 1.91. The minimum Gasteiger partial charge on any atom is -0.508 e. The molecule has 0 spiro atoms.